The maximum atomic E-state index is 12.4. The Kier molecular flexibility index (Phi) is 6.12. The lowest BCUT2D eigenvalue weighted by molar-refractivity contribution is -0.141. The van der Waals surface area contributed by atoms with Crippen LogP contribution in [0, 0.1) is 0 Å². The number of aromatic nitrogens is 1. The molecule has 1 N–H and O–H groups in total. The van der Waals surface area contributed by atoms with Gasteiger partial charge in [0.05, 0.1) is 25.1 Å². The molecular formula is C16H14BrClN2O3. The molecule has 1 amide bonds. The molecule has 0 aliphatic carbocycles. The van der Waals surface area contributed by atoms with Crippen molar-refractivity contribution < 1.29 is 14.3 Å². The predicted octanol–water partition coefficient (Wildman–Crippen LogP) is 3.53. The molecule has 0 aliphatic rings. The second kappa shape index (κ2) is 8.08. The van der Waals surface area contributed by atoms with Crippen LogP contribution in [0.1, 0.15) is 28.4 Å². The summed E-state index contributed by atoms with van der Waals surface area (Å²) in [6.07, 6.45) is 3.01. The summed E-state index contributed by atoms with van der Waals surface area (Å²) in [5.41, 5.74) is 1.03. The van der Waals surface area contributed by atoms with E-state index in [1.54, 1.807) is 36.5 Å². The number of ether oxygens (including phenoxy) is 1. The Labute approximate surface area is 147 Å². The fraction of sp³-hybridized carbons (Fsp3) is 0.188. The van der Waals surface area contributed by atoms with E-state index in [1.165, 1.54) is 13.3 Å². The SMILES string of the molecule is COC(=O)CC(NC(=O)c1cncc(Br)c1)c1ccccc1Cl. The van der Waals surface area contributed by atoms with E-state index in [0.717, 1.165) is 0 Å². The minimum atomic E-state index is -0.595. The van der Waals surface area contributed by atoms with Gasteiger partial charge < -0.3 is 10.1 Å². The quantitative estimate of drug-likeness (QED) is 0.784. The highest BCUT2D eigenvalue weighted by Crippen LogP contribution is 2.26. The van der Waals surface area contributed by atoms with E-state index in [4.69, 9.17) is 16.3 Å². The molecule has 0 fully saturated rings. The Morgan fingerprint density at radius 2 is 2.09 bits per heavy atom. The van der Waals surface area contributed by atoms with E-state index in [9.17, 15) is 9.59 Å². The van der Waals surface area contributed by atoms with Crippen LogP contribution in [-0.4, -0.2) is 24.0 Å². The number of esters is 1. The highest BCUT2D eigenvalue weighted by molar-refractivity contribution is 9.10. The van der Waals surface area contributed by atoms with Crippen LogP contribution in [0.4, 0.5) is 0 Å². The zero-order chi connectivity index (χ0) is 16.8. The van der Waals surface area contributed by atoms with Crippen LogP contribution in [0.3, 0.4) is 0 Å². The van der Waals surface area contributed by atoms with Crippen molar-refractivity contribution in [2.45, 2.75) is 12.5 Å². The smallest absolute Gasteiger partial charge is 0.307 e. The molecule has 23 heavy (non-hydrogen) atoms. The van der Waals surface area contributed by atoms with Crippen molar-refractivity contribution in [1.29, 1.82) is 0 Å². The summed E-state index contributed by atoms with van der Waals surface area (Å²) in [7, 11) is 1.30. The molecule has 1 atom stereocenters. The minimum absolute atomic E-state index is 0.0204. The number of amides is 1. The fourth-order valence-electron chi connectivity index (χ4n) is 2.02. The molecule has 5 nitrogen and oxygen atoms in total. The summed E-state index contributed by atoms with van der Waals surface area (Å²) in [4.78, 5) is 28.0. The van der Waals surface area contributed by atoms with E-state index in [-0.39, 0.29) is 12.3 Å². The number of carbonyl (C=O) groups excluding carboxylic acids is 2. The van der Waals surface area contributed by atoms with E-state index in [2.05, 4.69) is 26.2 Å². The molecule has 0 saturated carbocycles. The van der Waals surface area contributed by atoms with Gasteiger partial charge in [-0.15, -0.1) is 0 Å². The number of methoxy groups -OCH3 is 1. The lowest BCUT2D eigenvalue weighted by atomic mass is 10.0. The number of hydrogen-bond donors (Lipinski definition) is 1. The molecule has 2 rings (SSSR count). The zero-order valence-corrected chi connectivity index (χ0v) is 14.6. The maximum absolute atomic E-state index is 12.4. The van der Waals surface area contributed by atoms with Crippen LogP contribution < -0.4 is 5.32 Å². The van der Waals surface area contributed by atoms with Crippen molar-refractivity contribution in [3.8, 4) is 0 Å². The number of hydrogen-bond acceptors (Lipinski definition) is 4. The zero-order valence-electron chi connectivity index (χ0n) is 12.3. The predicted molar refractivity (Wildman–Crippen MR) is 90.2 cm³/mol. The van der Waals surface area contributed by atoms with E-state index in [0.29, 0.717) is 20.6 Å². The Bertz CT molecular complexity index is 724. The van der Waals surface area contributed by atoms with Gasteiger partial charge in [0.15, 0.2) is 0 Å². The highest BCUT2D eigenvalue weighted by Gasteiger charge is 2.21. The number of nitrogens with zero attached hydrogens (tertiary/aromatic N) is 1. The topological polar surface area (TPSA) is 68.3 Å². The second-order valence-corrected chi connectivity index (χ2v) is 6.04. The number of nitrogens with one attached hydrogen (secondary N) is 1. The van der Waals surface area contributed by atoms with Crippen LogP contribution in [-0.2, 0) is 9.53 Å². The first-order chi connectivity index (χ1) is 11.0. The third-order valence-electron chi connectivity index (χ3n) is 3.15. The molecule has 0 spiro atoms. The molecular weight excluding hydrogens is 384 g/mol. The van der Waals surface area contributed by atoms with E-state index < -0.39 is 12.0 Å². The molecule has 1 unspecified atom stereocenters. The first kappa shape index (κ1) is 17.4. The number of carbonyl (C=O) groups is 2. The van der Waals surface area contributed by atoms with Crippen LogP contribution in [0.5, 0.6) is 0 Å². The Balaban J connectivity index is 2.26. The van der Waals surface area contributed by atoms with Crippen molar-refractivity contribution in [3.63, 3.8) is 0 Å². The maximum Gasteiger partial charge on any atom is 0.307 e. The average molecular weight is 398 g/mol. The molecule has 1 heterocycles. The number of rotatable bonds is 5. The summed E-state index contributed by atoms with van der Waals surface area (Å²) < 4.78 is 5.38. The van der Waals surface area contributed by atoms with Gasteiger partial charge in [0.2, 0.25) is 0 Å². The van der Waals surface area contributed by atoms with Crippen LogP contribution in [0.25, 0.3) is 0 Å². The fourth-order valence-corrected chi connectivity index (χ4v) is 2.66. The van der Waals surface area contributed by atoms with Gasteiger partial charge in [-0.05, 0) is 33.6 Å². The van der Waals surface area contributed by atoms with Crippen molar-refractivity contribution in [2.24, 2.45) is 0 Å². The Morgan fingerprint density at radius 1 is 1.35 bits per heavy atom. The lowest BCUT2D eigenvalue weighted by Gasteiger charge is -2.19. The molecule has 0 aliphatic heterocycles. The van der Waals surface area contributed by atoms with Crippen LogP contribution in [0.15, 0.2) is 47.2 Å². The minimum Gasteiger partial charge on any atom is -0.469 e. The summed E-state index contributed by atoms with van der Waals surface area (Å²) in [6, 6.07) is 8.08. The van der Waals surface area contributed by atoms with Gasteiger partial charge in [0, 0.05) is 21.9 Å². The molecule has 2 aromatic rings. The second-order valence-electron chi connectivity index (χ2n) is 4.72. The summed E-state index contributed by atoms with van der Waals surface area (Å²) in [6.45, 7) is 0. The Morgan fingerprint density at radius 3 is 2.74 bits per heavy atom. The number of benzene rings is 1. The van der Waals surface area contributed by atoms with Crippen LogP contribution >= 0.6 is 27.5 Å². The molecule has 120 valence electrons. The monoisotopic (exact) mass is 396 g/mol. The third-order valence-corrected chi connectivity index (χ3v) is 3.93. The van der Waals surface area contributed by atoms with Gasteiger partial charge in [0.25, 0.3) is 5.91 Å². The normalized spacial score (nSPS) is 11.6. The van der Waals surface area contributed by atoms with Gasteiger partial charge in [-0.1, -0.05) is 29.8 Å². The molecule has 0 bridgehead atoms. The van der Waals surface area contributed by atoms with Gasteiger partial charge in [0.1, 0.15) is 0 Å². The summed E-state index contributed by atoms with van der Waals surface area (Å²) >= 11 is 9.44. The summed E-state index contributed by atoms with van der Waals surface area (Å²) in [5, 5.41) is 3.26. The van der Waals surface area contributed by atoms with E-state index in [1.807, 2.05) is 0 Å². The van der Waals surface area contributed by atoms with Gasteiger partial charge in [-0.3, -0.25) is 14.6 Å². The third kappa shape index (κ3) is 4.77. The van der Waals surface area contributed by atoms with Crippen molar-refractivity contribution >= 4 is 39.4 Å². The first-order valence-electron chi connectivity index (χ1n) is 6.74. The molecule has 1 aromatic heterocycles. The largest absolute Gasteiger partial charge is 0.469 e. The van der Waals surface area contributed by atoms with Crippen molar-refractivity contribution in [1.82, 2.24) is 10.3 Å². The molecule has 0 radical (unpaired) electrons. The summed E-state index contributed by atoms with van der Waals surface area (Å²) in [5.74, 6) is -0.796. The van der Waals surface area contributed by atoms with Crippen molar-refractivity contribution in [2.75, 3.05) is 7.11 Å². The van der Waals surface area contributed by atoms with Gasteiger partial charge in [-0.2, -0.15) is 0 Å². The lowest BCUT2D eigenvalue weighted by Crippen LogP contribution is -2.30. The number of pyridine rings is 1. The number of halogens is 2. The molecule has 7 heteroatoms. The van der Waals surface area contributed by atoms with Crippen LogP contribution in [0.2, 0.25) is 5.02 Å². The standard InChI is InChI=1S/C16H14BrClN2O3/c1-23-15(21)7-14(12-4-2-3-5-13(12)18)20-16(22)10-6-11(17)9-19-8-10/h2-6,8-9,14H,7H2,1H3,(H,20,22). The first-order valence-corrected chi connectivity index (χ1v) is 7.91. The Hall–Kier alpha value is -1.92. The van der Waals surface area contributed by atoms with E-state index >= 15 is 0 Å². The molecule has 1 aromatic carbocycles. The highest BCUT2D eigenvalue weighted by atomic mass is 79.9. The van der Waals surface area contributed by atoms with Gasteiger partial charge >= 0.3 is 5.97 Å². The van der Waals surface area contributed by atoms with Crippen molar-refractivity contribution in [3.05, 3.63) is 63.3 Å². The molecule has 0 saturated heterocycles. The average Bonchev–Trinajstić information content (AvgIpc) is 2.54. The van der Waals surface area contributed by atoms with Gasteiger partial charge in [-0.25, -0.2) is 0 Å².